The van der Waals surface area contributed by atoms with E-state index in [2.05, 4.69) is 15.0 Å². The molecule has 1 amide bonds. The van der Waals surface area contributed by atoms with E-state index in [1.54, 1.807) is 23.7 Å². The molecule has 0 aliphatic carbocycles. The Labute approximate surface area is 131 Å². The van der Waals surface area contributed by atoms with Gasteiger partial charge in [0.25, 0.3) is 0 Å². The van der Waals surface area contributed by atoms with Crippen molar-refractivity contribution in [2.75, 3.05) is 11.9 Å². The van der Waals surface area contributed by atoms with E-state index in [9.17, 15) is 13.2 Å². The molecule has 9 heteroatoms. The Morgan fingerprint density at radius 3 is 2.76 bits per heavy atom. The van der Waals surface area contributed by atoms with Crippen molar-refractivity contribution in [2.24, 2.45) is 0 Å². The number of anilines is 1. The zero-order chi connectivity index (χ0) is 15.3. The van der Waals surface area contributed by atoms with E-state index >= 15 is 0 Å². The van der Waals surface area contributed by atoms with Gasteiger partial charge in [-0.25, -0.2) is 18.1 Å². The van der Waals surface area contributed by atoms with Crippen LogP contribution in [-0.2, 0) is 14.8 Å². The van der Waals surface area contributed by atoms with Crippen molar-refractivity contribution in [2.45, 2.75) is 11.3 Å². The summed E-state index contributed by atoms with van der Waals surface area (Å²) in [5.41, 5.74) is 0. The van der Waals surface area contributed by atoms with Crippen molar-refractivity contribution in [3.8, 4) is 0 Å². The van der Waals surface area contributed by atoms with Crippen molar-refractivity contribution in [1.82, 2.24) is 9.71 Å². The monoisotopic (exact) mass is 345 g/mol. The average Bonchev–Trinajstić information content (AvgIpc) is 2.91. The van der Waals surface area contributed by atoms with E-state index in [0.29, 0.717) is 5.13 Å². The smallest absolute Gasteiger partial charge is 0.242 e. The topological polar surface area (TPSA) is 88.2 Å². The van der Waals surface area contributed by atoms with Gasteiger partial charge in [-0.2, -0.15) is 0 Å². The fourth-order valence-electron chi connectivity index (χ4n) is 1.51. The van der Waals surface area contributed by atoms with Gasteiger partial charge in [0.2, 0.25) is 15.9 Å². The van der Waals surface area contributed by atoms with Crippen molar-refractivity contribution >= 4 is 44.0 Å². The molecule has 0 unspecified atom stereocenters. The molecule has 0 spiro atoms. The van der Waals surface area contributed by atoms with Crippen LogP contribution in [0.2, 0.25) is 5.02 Å². The first kappa shape index (κ1) is 15.9. The molecule has 1 aromatic heterocycles. The quantitative estimate of drug-likeness (QED) is 0.839. The summed E-state index contributed by atoms with van der Waals surface area (Å²) in [5, 5.41) is 4.92. The van der Waals surface area contributed by atoms with Gasteiger partial charge in [0, 0.05) is 24.5 Å². The van der Waals surface area contributed by atoms with Crippen molar-refractivity contribution in [1.29, 1.82) is 0 Å². The molecule has 2 rings (SSSR count). The summed E-state index contributed by atoms with van der Waals surface area (Å²) in [4.78, 5) is 15.5. The van der Waals surface area contributed by atoms with Crippen LogP contribution in [0.15, 0.2) is 40.7 Å². The summed E-state index contributed by atoms with van der Waals surface area (Å²) < 4.78 is 26.4. The number of carbonyl (C=O) groups is 1. The Balaban J connectivity index is 1.88. The largest absolute Gasteiger partial charge is 0.302 e. The van der Waals surface area contributed by atoms with Crippen LogP contribution < -0.4 is 10.0 Å². The predicted molar refractivity (Wildman–Crippen MR) is 82.0 cm³/mol. The normalized spacial score (nSPS) is 11.3. The molecule has 0 aliphatic rings. The van der Waals surface area contributed by atoms with Gasteiger partial charge in [0.05, 0.1) is 5.02 Å². The number of nitrogens with one attached hydrogen (secondary N) is 2. The van der Waals surface area contributed by atoms with Crippen LogP contribution in [0.1, 0.15) is 6.42 Å². The Hall–Kier alpha value is -1.48. The van der Waals surface area contributed by atoms with Crippen LogP contribution in [-0.4, -0.2) is 25.9 Å². The summed E-state index contributed by atoms with van der Waals surface area (Å²) in [6.45, 7) is -0.0231. The fourth-order valence-corrected chi connectivity index (χ4v) is 3.60. The molecule has 2 N–H and O–H groups in total. The lowest BCUT2D eigenvalue weighted by atomic mass is 10.4. The summed E-state index contributed by atoms with van der Waals surface area (Å²) in [6, 6.07) is 6.12. The summed E-state index contributed by atoms with van der Waals surface area (Å²) in [5.74, 6) is -0.313. The Kier molecular flexibility index (Phi) is 5.29. The summed E-state index contributed by atoms with van der Waals surface area (Å²) in [6.07, 6.45) is 1.57. The Morgan fingerprint density at radius 1 is 1.33 bits per heavy atom. The van der Waals surface area contributed by atoms with E-state index in [1.165, 1.54) is 23.5 Å². The van der Waals surface area contributed by atoms with E-state index in [1.807, 2.05) is 0 Å². The number of thiazole rings is 1. The molecular weight excluding hydrogens is 334 g/mol. The lowest BCUT2D eigenvalue weighted by molar-refractivity contribution is -0.116. The highest BCUT2D eigenvalue weighted by Gasteiger charge is 2.17. The predicted octanol–water partition coefficient (Wildman–Crippen LogP) is 2.10. The number of aromatic nitrogens is 1. The number of amides is 1. The number of nitrogens with zero attached hydrogens (tertiary/aromatic N) is 1. The molecule has 0 atom stereocenters. The molecule has 2 aromatic rings. The number of carbonyl (C=O) groups excluding carboxylic acids is 1. The number of halogens is 1. The lowest BCUT2D eigenvalue weighted by Crippen LogP contribution is -2.28. The van der Waals surface area contributed by atoms with Gasteiger partial charge in [-0.3, -0.25) is 4.79 Å². The first-order valence-corrected chi connectivity index (χ1v) is 8.66. The standard InChI is InChI=1S/C12H12ClN3O3S2/c13-9-3-1-2-4-10(9)21(18,19)15-6-5-11(17)16-12-14-7-8-20-12/h1-4,7-8,15H,5-6H2,(H,14,16,17). The third-order valence-corrected chi connectivity index (χ3v) is 5.10. The molecular formula is C12H12ClN3O3S2. The van der Waals surface area contributed by atoms with Crippen LogP contribution in [0.5, 0.6) is 0 Å². The minimum absolute atomic E-state index is 0.00324. The molecule has 1 aromatic carbocycles. The molecule has 6 nitrogen and oxygen atoms in total. The van der Waals surface area contributed by atoms with Crippen LogP contribution in [0.4, 0.5) is 5.13 Å². The molecule has 0 saturated carbocycles. The molecule has 21 heavy (non-hydrogen) atoms. The summed E-state index contributed by atoms with van der Waals surface area (Å²) in [7, 11) is -3.72. The van der Waals surface area contributed by atoms with E-state index in [4.69, 9.17) is 11.6 Å². The van der Waals surface area contributed by atoms with Crippen LogP contribution in [0.3, 0.4) is 0 Å². The maximum absolute atomic E-state index is 12.0. The zero-order valence-corrected chi connectivity index (χ0v) is 13.1. The van der Waals surface area contributed by atoms with Gasteiger partial charge in [0.1, 0.15) is 4.90 Å². The van der Waals surface area contributed by atoms with Crippen molar-refractivity contribution in [3.63, 3.8) is 0 Å². The SMILES string of the molecule is O=C(CCNS(=O)(=O)c1ccccc1Cl)Nc1nccs1. The number of hydrogen-bond donors (Lipinski definition) is 2. The summed E-state index contributed by atoms with van der Waals surface area (Å²) >= 11 is 7.13. The van der Waals surface area contributed by atoms with Gasteiger partial charge in [-0.05, 0) is 12.1 Å². The number of sulfonamides is 1. The van der Waals surface area contributed by atoms with Gasteiger partial charge in [0.15, 0.2) is 5.13 Å². The third kappa shape index (κ3) is 4.50. The highest BCUT2D eigenvalue weighted by molar-refractivity contribution is 7.89. The van der Waals surface area contributed by atoms with E-state index in [-0.39, 0.29) is 28.8 Å². The maximum atomic E-state index is 12.0. The van der Waals surface area contributed by atoms with Crippen molar-refractivity contribution in [3.05, 3.63) is 40.9 Å². The molecule has 0 bridgehead atoms. The lowest BCUT2D eigenvalue weighted by Gasteiger charge is -2.07. The first-order chi connectivity index (χ1) is 9.99. The molecule has 112 valence electrons. The van der Waals surface area contributed by atoms with E-state index in [0.717, 1.165) is 0 Å². The minimum Gasteiger partial charge on any atom is -0.302 e. The fraction of sp³-hybridized carbons (Fsp3) is 0.167. The van der Waals surface area contributed by atoms with Crippen molar-refractivity contribution < 1.29 is 13.2 Å². The van der Waals surface area contributed by atoms with E-state index < -0.39 is 10.0 Å². The number of hydrogen-bond acceptors (Lipinski definition) is 5. The molecule has 0 aliphatic heterocycles. The number of rotatable bonds is 6. The first-order valence-electron chi connectivity index (χ1n) is 5.92. The van der Waals surface area contributed by atoms with Gasteiger partial charge in [-0.15, -0.1) is 11.3 Å². The van der Waals surface area contributed by atoms with Crippen LogP contribution >= 0.6 is 22.9 Å². The van der Waals surface area contributed by atoms with Gasteiger partial charge in [-0.1, -0.05) is 23.7 Å². The highest BCUT2D eigenvalue weighted by Crippen LogP contribution is 2.20. The third-order valence-electron chi connectivity index (χ3n) is 2.45. The second kappa shape index (κ2) is 6.99. The second-order valence-electron chi connectivity index (χ2n) is 3.96. The van der Waals surface area contributed by atoms with Gasteiger partial charge >= 0.3 is 0 Å². The molecule has 0 saturated heterocycles. The van der Waals surface area contributed by atoms with Gasteiger partial charge < -0.3 is 5.32 Å². The minimum atomic E-state index is -3.72. The second-order valence-corrected chi connectivity index (χ2v) is 7.00. The maximum Gasteiger partial charge on any atom is 0.242 e. The average molecular weight is 346 g/mol. The Bertz CT molecular complexity index is 717. The van der Waals surface area contributed by atoms with Crippen LogP contribution in [0, 0.1) is 0 Å². The molecule has 1 heterocycles. The molecule has 0 radical (unpaired) electrons. The number of benzene rings is 1. The highest BCUT2D eigenvalue weighted by atomic mass is 35.5. The van der Waals surface area contributed by atoms with Crippen LogP contribution in [0.25, 0.3) is 0 Å². The molecule has 0 fully saturated rings. The Morgan fingerprint density at radius 2 is 2.10 bits per heavy atom. The zero-order valence-electron chi connectivity index (χ0n) is 10.7.